The van der Waals surface area contributed by atoms with Gasteiger partial charge in [0.25, 0.3) is 0 Å². The summed E-state index contributed by atoms with van der Waals surface area (Å²) in [5.41, 5.74) is 5.41. The molecule has 0 aromatic carbocycles. The van der Waals surface area contributed by atoms with Crippen molar-refractivity contribution in [2.75, 3.05) is 51.9 Å². The lowest BCUT2D eigenvalue weighted by atomic mass is 10.2. The first-order valence-electron chi connectivity index (χ1n) is 10.00. The minimum atomic E-state index is -3.69. The Kier molecular flexibility index (Phi) is 8.67. The average Bonchev–Trinajstić information content (AvgIpc) is 3.33. The SMILES string of the molecule is NCOC[C@@H](C(=O)N1CCOCC1)N1CC[C@H](NS(=O)(=O)CCc2ccc(Cl)s2)C1=O. The van der Waals surface area contributed by atoms with Gasteiger partial charge in [0.15, 0.2) is 0 Å². The zero-order chi connectivity index (χ0) is 22.4. The highest BCUT2D eigenvalue weighted by molar-refractivity contribution is 7.89. The number of rotatable bonds is 10. The number of carbonyl (C=O) groups is 2. The lowest BCUT2D eigenvalue weighted by molar-refractivity contribution is -0.149. The van der Waals surface area contributed by atoms with Gasteiger partial charge in [-0.25, -0.2) is 13.1 Å². The van der Waals surface area contributed by atoms with E-state index in [-0.39, 0.29) is 38.0 Å². The Bertz CT molecular complexity index is 874. The molecule has 2 amide bonds. The van der Waals surface area contributed by atoms with Crippen molar-refractivity contribution < 1.29 is 27.5 Å². The van der Waals surface area contributed by atoms with Crippen LogP contribution in [0.25, 0.3) is 0 Å². The van der Waals surface area contributed by atoms with E-state index in [1.54, 1.807) is 17.0 Å². The number of sulfonamides is 1. The number of ether oxygens (including phenoxy) is 2. The molecule has 2 aliphatic rings. The van der Waals surface area contributed by atoms with Gasteiger partial charge in [-0.15, -0.1) is 11.3 Å². The van der Waals surface area contributed by atoms with Crippen LogP contribution in [0.5, 0.6) is 0 Å². The Labute approximate surface area is 190 Å². The van der Waals surface area contributed by atoms with Gasteiger partial charge < -0.3 is 25.0 Å². The quantitative estimate of drug-likeness (QED) is 0.424. The van der Waals surface area contributed by atoms with E-state index in [0.717, 1.165) is 4.88 Å². The van der Waals surface area contributed by atoms with Crippen molar-refractivity contribution in [1.29, 1.82) is 0 Å². The highest BCUT2D eigenvalue weighted by atomic mass is 35.5. The van der Waals surface area contributed by atoms with Crippen LogP contribution in [-0.2, 0) is 35.5 Å². The molecule has 2 saturated heterocycles. The number of likely N-dealkylation sites (tertiary alicyclic amines) is 1. The molecule has 0 aliphatic carbocycles. The van der Waals surface area contributed by atoms with E-state index in [4.69, 9.17) is 26.8 Å². The largest absolute Gasteiger partial charge is 0.378 e. The first-order valence-corrected chi connectivity index (χ1v) is 12.8. The number of nitrogens with two attached hydrogens (primary N) is 1. The van der Waals surface area contributed by atoms with Gasteiger partial charge in [0.1, 0.15) is 12.1 Å². The third-order valence-corrected chi connectivity index (χ3v) is 7.86. The second-order valence-corrected chi connectivity index (χ2v) is 10.9. The van der Waals surface area contributed by atoms with E-state index in [1.807, 2.05) is 0 Å². The van der Waals surface area contributed by atoms with Crippen molar-refractivity contribution in [3.63, 3.8) is 0 Å². The van der Waals surface area contributed by atoms with Crippen LogP contribution >= 0.6 is 22.9 Å². The maximum atomic E-state index is 13.0. The van der Waals surface area contributed by atoms with Gasteiger partial charge in [-0.3, -0.25) is 9.59 Å². The van der Waals surface area contributed by atoms with Crippen LogP contribution in [0.4, 0.5) is 0 Å². The van der Waals surface area contributed by atoms with Crippen molar-refractivity contribution in [2.45, 2.75) is 24.9 Å². The van der Waals surface area contributed by atoms with E-state index in [2.05, 4.69) is 4.72 Å². The molecule has 2 aliphatic heterocycles. The normalized spacial score (nSPS) is 21.0. The van der Waals surface area contributed by atoms with Crippen LogP contribution in [0.15, 0.2) is 12.1 Å². The highest BCUT2D eigenvalue weighted by Crippen LogP contribution is 2.22. The van der Waals surface area contributed by atoms with Crippen LogP contribution in [0.2, 0.25) is 4.34 Å². The first-order chi connectivity index (χ1) is 14.8. The number of hydrogen-bond acceptors (Lipinski definition) is 8. The molecule has 1 aromatic heterocycles. The van der Waals surface area contributed by atoms with Crippen LogP contribution in [-0.4, -0.2) is 94.1 Å². The van der Waals surface area contributed by atoms with Gasteiger partial charge in [0, 0.05) is 24.5 Å². The molecule has 0 unspecified atom stereocenters. The summed E-state index contributed by atoms with van der Waals surface area (Å²) in [6.07, 6.45) is 0.582. The van der Waals surface area contributed by atoms with Gasteiger partial charge in [-0.1, -0.05) is 11.6 Å². The molecular formula is C18H27ClN4O6S2. The number of carbonyl (C=O) groups excluding carboxylic acids is 2. The summed E-state index contributed by atoms with van der Waals surface area (Å²) in [4.78, 5) is 29.8. The molecule has 2 atom stereocenters. The molecule has 2 fully saturated rings. The fourth-order valence-electron chi connectivity index (χ4n) is 3.59. The molecule has 0 bridgehead atoms. The fourth-order valence-corrected chi connectivity index (χ4v) is 6.06. The van der Waals surface area contributed by atoms with E-state index >= 15 is 0 Å². The van der Waals surface area contributed by atoms with E-state index < -0.39 is 28.0 Å². The summed E-state index contributed by atoms with van der Waals surface area (Å²) in [5, 5.41) is 0. The number of hydrogen-bond donors (Lipinski definition) is 2. The number of aryl methyl sites for hydroxylation is 1. The van der Waals surface area contributed by atoms with Crippen molar-refractivity contribution in [2.24, 2.45) is 5.73 Å². The molecule has 3 N–H and O–H groups in total. The summed E-state index contributed by atoms with van der Waals surface area (Å²) in [7, 11) is -3.69. The van der Waals surface area contributed by atoms with Gasteiger partial charge >= 0.3 is 0 Å². The predicted octanol–water partition coefficient (Wildman–Crippen LogP) is -0.375. The molecule has 13 heteroatoms. The smallest absolute Gasteiger partial charge is 0.247 e. The Morgan fingerprint density at radius 3 is 2.74 bits per heavy atom. The number of morpholine rings is 1. The zero-order valence-electron chi connectivity index (χ0n) is 17.0. The number of nitrogens with zero attached hydrogens (tertiary/aromatic N) is 2. The number of amides is 2. The summed E-state index contributed by atoms with van der Waals surface area (Å²) in [5.74, 6) is -0.835. The lowest BCUT2D eigenvalue weighted by Gasteiger charge is -2.34. The van der Waals surface area contributed by atoms with Gasteiger partial charge in [-0.2, -0.15) is 0 Å². The topological polar surface area (TPSA) is 131 Å². The van der Waals surface area contributed by atoms with E-state index in [9.17, 15) is 18.0 Å². The number of nitrogens with one attached hydrogen (secondary N) is 1. The Hall–Kier alpha value is -1.28. The summed E-state index contributed by atoms with van der Waals surface area (Å²) >= 11 is 7.20. The van der Waals surface area contributed by atoms with Gasteiger partial charge in [0.2, 0.25) is 21.8 Å². The predicted molar refractivity (Wildman–Crippen MR) is 116 cm³/mol. The van der Waals surface area contributed by atoms with Crippen LogP contribution < -0.4 is 10.5 Å². The standard InChI is InChI=1S/C18H27ClN4O6S2/c19-16-2-1-13(30-16)4-10-31(26,27)21-14-3-5-23(17(14)24)15(11-29-12-20)18(25)22-6-8-28-9-7-22/h1-2,14-15,21H,3-12,20H2/t14-,15-/m0/s1. The minimum Gasteiger partial charge on any atom is -0.378 e. The van der Waals surface area contributed by atoms with Crippen LogP contribution in [0.3, 0.4) is 0 Å². The van der Waals surface area contributed by atoms with Crippen molar-refractivity contribution in [3.05, 3.63) is 21.3 Å². The Morgan fingerprint density at radius 2 is 2.10 bits per heavy atom. The molecule has 31 heavy (non-hydrogen) atoms. The summed E-state index contributed by atoms with van der Waals surface area (Å²) in [6.45, 7) is 1.85. The average molecular weight is 495 g/mol. The third kappa shape index (κ3) is 6.60. The molecule has 3 rings (SSSR count). The zero-order valence-corrected chi connectivity index (χ0v) is 19.4. The highest BCUT2D eigenvalue weighted by Gasteiger charge is 2.42. The van der Waals surface area contributed by atoms with Crippen LogP contribution in [0, 0.1) is 0 Å². The van der Waals surface area contributed by atoms with Crippen molar-refractivity contribution >= 4 is 44.8 Å². The third-order valence-electron chi connectivity index (χ3n) is 5.19. The molecule has 174 valence electrons. The Balaban J connectivity index is 1.61. The summed E-state index contributed by atoms with van der Waals surface area (Å²) < 4.78 is 38.6. The summed E-state index contributed by atoms with van der Waals surface area (Å²) in [6, 6.07) is 1.74. The molecule has 0 saturated carbocycles. The second-order valence-electron chi connectivity index (χ2n) is 7.26. The maximum Gasteiger partial charge on any atom is 0.247 e. The monoisotopic (exact) mass is 494 g/mol. The van der Waals surface area contributed by atoms with Gasteiger partial charge in [0.05, 0.1) is 36.6 Å². The molecule has 0 radical (unpaired) electrons. The number of halogens is 1. The molecular weight excluding hydrogens is 468 g/mol. The molecule has 1 aromatic rings. The first kappa shape index (κ1) is 24.4. The lowest BCUT2D eigenvalue weighted by Crippen LogP contribution is -2.55. The Morgan fingerprint density at radius 1 is 1.35 bits per heavy atom. The second kappa shape index (κ2) is 11.0. The minimum absolute atomic E-state index is 0.0446. The maximum absolute atomic E-state index is 13.0. The molecule has 0 spiro atoms. The van der Waals surface area contributed by atoms with Crippen molar-refractivity contribution in [3.8, 4) is 0 Å². The van der Waals surface area contributed by atoms with Gasteiger partial charge in [-0.05, 0) is 25.0 Å². The van der Waals surface area contributed by atoms with Crippen LogP contribution in [0.1, 0.15) is 11.3 Å². The fraction of sp³-hybridized carbons (Fsp3) is 0.667. The molecule has 3 heterocycles. The number of thiophene rings is 1. The van der Waals surface area contributed by atoms with E-state index in [1.165, 1.54) is 16.2 Å². The van der Waals surface area contributed by atoms with Crippen molar-refractivity contribution in [1.82, 2.24) is 14.5 Å². The molecule has 10 nitrogen and oxygen atoms in total. The van der Waals surface area contributed by atoms with E-state index in [0.29, 0.717) is 37.1 Å².